The fraction of sp³-hybridized carbons (Fsp3) is 0.200. The van der Waals surface area contributed by atoms with Crippen LogP contribution in [0.2, 0.25) is 0 Å². The second-order valence-corrected chi connectivity index (χ2v) is 5.83. The van der Waals surface area contributed by atoms with E-state index in [0.717, 1.165) is 27.6 Å². The number of hydrazone groups is 1. The molecule has 0 aliphatic carbocycles. The van der Waals surface area contributed by atoms with Gasteiger partial charge in [0, 0.05) is 5.39 Å². The van der Waals surface area contributed by atoms with E-state index in [9.17, 15) is 5.11 Å². The van der Waals surface area contributed by atoms with Crippen LogP contribution in [0.3, 0.4) is 0 Å². The molecule has 0 spiro atoms. The third-order valence-electron chi connectivity index (χ3n) is 3.92. The molecule has 0 atom stereocenters. The third kappa shape index (κ3) is 3.71. The normalized spacial score (nSPS) is 11.2. The molecule has 3 rings (SSSR count). The summed E-state index contributed by atoms with van der Waals surface area (Å²) in [7, 11) is 0. The Morgan fingerprint density at radius 2 is 2.00 bits per heavy atom. The molecule has 0 saturated carbocycles. The Morgan fingerprint density at radius 1 is 1.16 bits per heavy atom. The molecule has 0 fully saturated rings. The summed E-state index contributed by atoms with van der Waals surface area (Å²) in [5, 5.41) is 15.1. The van der Waals surface area contributed by atoms with E-state index in [2.05, 4.69) is 28.5 Å². The number of nitrogens with one attached hydrogen (secondary N) is 1. The van der Waals surface area contributed by atoms with E-state index in [4.69, 9.17) is 4.74 Å². The van der Waals surface area contributed by atoms with Crippen LogP contribution in [0, 0.1) is 13.8 Å². The highest BCUT2D eigenvalue weighted by atomic mass is 16.5. The summed E-state index contributed by atoms with van der Waals surface area (Å²) >= 11 is 0. The van der Waals surface area contributed by atoms with E-state index in [1.807, 2.05) is 32.0 Å². The largest absolute Gasteiger partial charge is 0.504 e. The summed E-state index contributed by atoms with van der Waals surface area (Å²) in [6.07, 6.45) is 1.67. The van der Waals surface area contributed by atoms with Crippen molar-refractivity contribution in [2.24, 2.45) is 5.10 Å². The molecule has 5 heteroatoms. The molecule has 0 radical (unpaired) electrons. The molecule has 0 bridgehead atoms. The fourth-order valence-corrected chi connectivity index (χ4v) is 2.67. The predicted octanol–water partition coefficient (Wildman–Crippen LogP) is 4.40. The number of anilines is 1. The SMILES string of the molecule is CCOc1cc(/C=N/Nc2cc(C)c3cccc(C)c3n2)ccc1O. The Labute approximate surface area is 147 Å². The highest BCUT2D eigenvalue weighted by molar-refractivity contribution is 5.86. The lowest BCUT2D eigenvalue weighted by molar-refractivity contribution is 0.318. The number of aryl methyl sites for hydroxylation is 2. The third-order valence-corrected chi connectivity index (χ3v) is 3.92. The van der Waals surface area contributed by atoms with Crippen molar-refractivity contribution in [1.82, 2.24) is 4.98 Å². The van der Waals surface area contributed by atoms with Crippen LogP contribution in [0.25, 0.3) is 10.9 Å². The van der Waals surface area contributed by atoms with Gasteiger partial charge in [-0.1, -0.05) is 18.2 Å². The van der Waals surface area contributed by atoms with Gasteiger partial charge in [-0.3, -0.25) is 5.43 Å². The first-order valence-electron chi connectivity index (χ1n) is 8.20. The quantitative estimate of drug-likeness (QED) is 0.536. The molecule has 2 aromatic carbocycles. The van der Waals surface area contributed by atoms with Crippen LogP contribution in [0.1, 0.15) is 23.6 Å². The first kappa shape index (κ1) is 16.8. The topological polar surface area (TPSA) is 66.7 Å². The van der Waals surface area contributed by atoms with Gasteiger partial charge in [-0.15, -0.1) is 0 Å². The van der Waals surface area contributed by atoms with E-state index in [1.54, 1.807) is 24.4 Å². The number of fused-ring (bicyclic) bond motifs is 1. The number of rotatable bonds is 5. The van der Waals surface area contributed by atoms with Gasteiger partial charge in [-0.2, -0.15) is 5.10 Å². The van der Waals surface area contributed by atoms with Gasteiger partial charge in [0.15, 0.2) is 11.5 Å². The van der Waals surface area contributed by atoms with Crippen LogP contribution in [0.15, 0.2) is 47.6 Å². The average molecular weight is 335 g/mol. The number of aromatic nitrogens is 1. The molecule has 5 nitrogen and oxygen atoms in total. The molecule has 1 aromatic heterocycles. The molecule has 0 aliphatic heterocycles. The fourth-order valence-electron chi connectivity index (χ4n) is 2.67. The summed E-state index contributed by atoms with van der Waals surface area (Å²) in [5.74, 6) is 1.26. The highest BCUT2D eigenvalue weighted by Crippen LogP contribution is 2.26. The number of phenolic OH excluding ortho intramolecular Hbond substituents is 1. The average Bonchev–Trinajstić information content (AvgIpc) is 2.59. The zero-order chi connectivity index (χ0) is 17.8. The summed E-state index contributed by atoms with van der Waals surface area (Å²) in [4.78, 5) is 4.64. The van der Waals surface area contributed by atoms with Crippen LogP contribution < -0.4 is 10.2 Å². The van der Waals surface area contributed by atoms with Gasteiger partial charge in [0.2, 0.25) is 0 Å². The van der Waals surface area contributed by atoms with Crippen molar-refractivity contribution in [3.8, 4) is 11.5 Å². The Hall–Kier alpha value is -3.08. The smallest absolute Gasteiger partial charge is 0.161 e. The molecule has 3 aromatic rings. The monoisotopic (exact) mass is 335 g/mol. The Morgan fingerprint density at radius 3 is 2.80 bits per heavy atom. The lowest BCUT2D eigenvalue weighted by atomic mass is 10.1. The van der Waals surface area contributed by atoms with Gasteiger partial charge in [0.1, 0.15) is 5.82 Å². The predicted molar refractivity (Wildman–Crippen MR) is 102 cm³/mol. The Bertz CT molecular complexity index is 936. The highest BCUT2D eigenvalue weighted by Gasteiger charge is 2.05. The molecular weight excluding hydrogens is 314 g/mol. The molecule has 2 N–H and O–H groups in total. The number of ether oxygens (including phenoxy) is 1. The number of benzene rings is 2. The second kappa shape index (κ2) is 7.21. The number of aromatic hydroxyl groups is 1. The molecule has 0 saturated heterocycles. The van der Waals surface area contributed by atoms with E-state index in [-0.39, 0.29) is 5.75 Å². The Kier molecular flexibility index (Phi) is 4.84. The minimum Gasteiger partial charge on any atom is -0.504 e. The molecule has 0 aliphatic rings. The number of hydrogen-bond acceptors (Lipinski definition) is 5. The summed E-state index contributed by atoms with van der Waals surface area (Å²) in [5.41, 5.74) is 7.05. The first-order chi connectivity index (χ1) is 12.1. The maximum atomic E-state index is 9.73. The van der Waals surface area contributed by atoms with Gasteiger partial charge in [0.05, 0.1) is 18.3 Å². The maximum Gasteiger partial charge on any atom is 0.161 e. The number of para-hydroxylation sites is 1. The van der Waals surface area contributed by atoms with Gasteiger partial charge in [-0.05, 0) is 61.7 Å². The van der Waals surface area contributed by atoms with Crippen molar-refractivity contribution in [2.45, 2.75) is 20.8 Å². The molecule has 0 amide bonds. The summed E-state index contributed by atoms with van der Waals surface area (Å²) in [6, 6.07) is 13.2. The van der Waals surface area contributed by atoms with Crippen LogP contribution in [-0.4, -0.2) is 22.9 Å². The number of phenols is 1. The van der Waals surface area contributed by atoms with Gasteiger partial charge in [-0.25, -0.2) is 4.98 Å². The molecule has 0 unspecified atom stereocenters. The zero-order valence-electron chi connectivity index (χ0n) is 14.6. The van der Waals surface area contributed by atoms with Crippen molar-refractivity contribution in [2.75, 3.05) is 12.0 Å². The van der Waals surface area contributed by atoms with Crippen LogP contribution in [0.4, 0.5) is 5.82 Å². The Balaban J connectivity index is 1.82. The van der Waals surface area contributed by atoms with Crippen molar-refractivity contribution in [1.29, 1.82) is 0 Å². The van der Waals surface area contributed by atoms with Gasteiger partial charge in [0.25, 0.3) is 0 Å². The van der Waals surface area contributed by atoms with Gasteiger partial charge >= 0.3 is 0 Å². The molecule has 1 heterocycles. The van der Waals surface area contributed by atoms with Crippen LogP contribution >= 0.6 is 0 Å². The number of pyridine rings is 1. The van der Waals surface area contributed by atoms with E-state index in [0.29, 0.717) is 18.2 Å². The van der Waals surface area contributed by atoms with Crippen LogP contribution in [-0.2, 0) is 0 Å². The minimum atomic E-state index is 0.120. The molecule has 128 valence electrons. The van der Waals surface area contributed by atoms with E-state index >= 15 is 0 Å². The summed E-state index contributed by atoms with van der Waals surface area (Å²) < 4.78 is 5.37. The number of nitrogens with zero attached hydrogens (tertiary/aromatic N) is 2. The van der Waals surface area contributed by atoms with Gasteiger partial charge < -0.3 is 9.84 Å². The zero-order valence-corrected chi connectivity index (χ0v) is 14.6. The number of hydrogen-bond donors (Lipinski definition) is 2. The van der Waals surface area contributed by atoms with E-state index in [1.165, 1.54) is 0 Å². The van der Waals surface area contributed by atoms with Crippen LogP contribution in [0.5, 0.6) is 11.5 Å². The van der Waals surface area contributed by atoms with Crippen molar-refractivity contribution >= 4 is 22.9 Å². The van der Waals surface area contributed by atoms with E-state index < -0.39 is 0 Å². The standard InChI is InChI=1S/C20H21N3O2/c1-4-25-18-11-15(8-9-17(18)24)12-21-23-19-10-14(3)16-7-5-6-13(2)20(16)22-19/h5-12,24H,4H2,1-3H3,(H,22,23)/b21-12+. The molecular formula is C20H21N3O2. The second-order valence-electron chi connectivity index (χ2n) is 5.83. The van der Waals surface area contributed by atoms with Crippen molar-refractivity contribution in [3.05, 3.63) is 59.2 Å². The summed E-state index contributed by atoms with van der Waals surface area (Å²) in [6.45, 7) is 6.48. The van der Waals surface area contributed by atoms with Crippen molar-refractivity contribution in [3.63, 3.8) is 0 Å². The maximum absolute atomic E-state index is 9.73. The lowest BCUT2D eigenvalue weighted by Crippen LogP contribution is -1.97. The minimum absolute atomic E-state index is 0.120. The lowest BCUT2D eigenvalue weighted by Gasteiger charge is -2.08. The first-order valence-corrected chi connectivity index (χ1v) is 8.20. The van der Waals surface area contributed by atoms with Crippen molar-refractivity contribution < 1.29 is 9.84 Å². The molecule has 25 heavy (non-hydrogen) atoms.